The van der Waals surface area contributed by atoms with Crippen LogP contribution in [0.4, 0.5) is 25.0 Å². The molecule has 1 aromatic carbocycles. The summed E-state index contributed by atoms with van der Waals surface area (Å²) in [4.78, 5) is 22.6. The Hall–Kier alpha value is -2.97. The van der Waals surface area contributed by atoms with Gasteiger partial charge in [0.05, 0.1) is 23.1 Å². The summed E-state index contributed by atoms with van der Waals surface area (Å²) in [6, 6.07) is 0.287. The van der Waals surface area contributed by atoms with Gasteiger partial charge in [-0.1, -0.05) is 0 Å². The predicted molar refractivity (Wildman–Crippen MR) is 69.2 cm³/mol. The number of aryl methyl sites for hydroxylation is 1. The molecule has 2 amide bonds. The van der Waals surface area contributed by atoms with Crippen molar-refractivity contribution >= 4 is 23.4 Å². The normalized spacial score (nSPS) is 10.2. The van der Waals surface area contributed by atoms with Crippen molar-refractivity contribution in [2.75, 3.05) is 10.6 Å². The number of anilines is 2. The van der Waals surface area contributed by atoms with Crippen molar-refractivity contribution in [1.82, 2.24) is 9.78 Å². The van der Waals surface area contributed by atoms with Crippen LogP contribution in [0.25, 0.3) is 0 Å². The van der Waals surface area contributed by atoms with Crippen LogP contribution in [0.3, 0.4) is 0 Å². The second-order valence-corrected chi connectivity index (χ2v) is 4.10. The molecule has 0 fully saturated rings. The third-order valence-corrected chi connectivity index (χ3v) is 2.50. The minimum atomic E-state index is -1.49. The van der Waals surface area contributed by atoms with Gasteiger partial charge in [-0.25, -0.2) is 18.4 Å². The van der Waals surface area contributed by atoms with Gasteiger partial charge in [-0.3, -0.25) is 4.68 Å². The van der Waals surface area contributed by atoms with Crippen molar-refractivity contribution in [2.24, 2.45) is 7.05 Å². The zero-order chi connectivity index (χ0) is 15.6. The number of rotatable bonds is 3. The van der Waals surface area contributed by atoms with Gasteiger partial charge >= 0.3 is 12.0 Å². The molecule has 9 heteroatoms. The summed E-state index contributed by atoms with van der Waals surface area (Å²) in [5.41, 5.74) is -0.563. The number of carboxylic acid groups (broad SMARTS) is 1. The number of aromatic carboxylic acids is 1. The Morgan fingerprint density at radius 1 is 1.24 bits per heavy atom. The van der Waals surface area contributed by atoms with Crippen LogP contribution in [0, 0.1) is 11.6 Å². The average Bonchev–Trinajstić information content (AvgIpc) is 2.78. The van der Waals surface area contributed by atoms with E-state index >= 15 is 0 Å². The largest absolute Gasteiger partial charge is 0.478 e. The van der Waals surface area contributed by atoms with Crippen LogP contribution in [-0.4, -0.2) is 26.9 Å². The summed E-state index contributed by atoms with van der Waals surface area (Å²) in [5.74, 6) is -4.08. The highest BCUT2D eigenvalue weighted by Crippen LogP contribution is 2.20. The lowest BCUT2D eigenvalue weighted by Gasteiger charge is -2.09. The maximum absolute atomic E-state index is 13.2. The standard InChI is InChI=1S/C12H10F2N4O3/c1-18-5-6(4-15-18)16-12(21)17-10-3-9(14)8(13)2-7(10)11(19)20/h2-5H,1H3,(H,19,20)(H2,16,17,21). The number of aromatic nitrogens is 2. The number of hydrogen-bond donors (Lipinski definition) is 3. The van der Waals surface area contributed by atoms with Crippen LogP contribution in [0.1, 0.15) is 10.4 Å². The fourth-order valence-electron chi connectivity index (χ4n) is 1.60. The average molecular weight is 296 g/mol. The first-order chi connectivity index (χ1) is 9.86. The molecule has 0 aliphatic carbocycles. The van der Waals surface area contributed by atoms with Crippen LogP contribution in [0.15, 0.2) is 24.5 Å². The minimum absolute atomic E-state index is 0.356. The first-order valence-corrected chi connectivity index (χ1v) is 5.66. The summed E-state index contributed by atoms with van der Waals surface area (Å²) in [6.45, 7) is 0. The molecule has 7 nitrogen and oxygen atoms in total. The van der Waals surface area contributed by atoms with E-state index in [1.807, 2.05) is 0 Å². The highest BCUT2D eigenvalue weighted by molar-refractivity contribution is 6.04. The summed E-state index contributed by atoms with van der Waals surface area (Å²) in [5, 5.41) is 17.2. The maximum atomic E-state index is 13.2. The van der Waals surface area contributed by atoms with Gasteiger partial charge in [0, 0.05) is 19.3 Å². The summed E-state index contributed by atoms with van der Waals surface area (Å²) < 4.78 is 27.6. The van der Waals surface area contributed by atoms with Crippen molar-refractivity contribution in [3.8, 4) is 0 Å². The number of benzene rings is 1. The smallest absolute Gasteiger partial charge is 0.337 e. The molecule has 0 atom stereocenters. The molecule has 0 saturated heterocycles. The van der Waals surface area contributed by atoms with Gasteiger partial charge < -0.3 is 15.7 Å². The second-order valence-electron chi connectivity index (χ2n) is 4.10. The summed E-state index contributed by atoms with van der Waals surface area (Å²) in [6.07, 6.45) is 2.87. The third-order valence-electron chi connectivity index (χ3n) is 2.50. The Labute approximate surface area is 117 Å². The SMILES string of the molecule is Cn1cc(NC(=O)Nc2cc(F)c(F)cc2C(=O)O)cn1. The lowest BCUT2D eigenvalue weighted by Crippen LogP contribution is -2.21. The topological polar surface area (TPSA) is 96.2 Å². The van der Waals surface area contributed by atoms with Gasteiger partial charge in [-0.15, -0.1) is 0 Å². The van der Waals surface area contributed by atoms with Crippen molar-refractivity contribution in [1.29, 1.82) is 0 Å². The number of nitrogens with zero attached hydrogens (tertiary/aromatic N) is 2. The van der Waals surface area contributed by atoms with E-state index in [2.05, 4.69) is 15.7 Å². The van der Waals surface area contributed by atoms with E-state index in [-0.39, 0.29) is 5.69 Å². The Balaban J connectivity index is 2.20. The van der Waals surface area contributed by atoms with Gasteiger partial charge in [-0.2, -0.15) is 5.10 Å². The molecule has 0 aliphatic heterocycles. The van der Waals surface area contributed by atoms with E-state index in [0.717, 1.165) is 0 Å². The predicted octanol–water partition coefficient (Wildman–Crippen LogP) is 2.04. The molecule has 0 aliphatic rings. The van der Waals surface area contributed by atoms with E-state index < -0.39 is 29.2 Å². The molecule has 0 spiro atoms. The third kappa shape index (κ3) is 3.32. The number of hydrogen-bond acceptors (Lipinski definition) is 3. The van der Waals surface area contributed by atoms with Crippen molar-refractivity contribution in [3.63, 3.8) is 0 Å². The Bertz CT molecular complexity index is 715. The molecule has 110 valence electrons. The van der Waals surface area contributed by atoms with E-state index in [1.54, 1.807) is 7.05 Å². The van der Waals surface area contributed by atoms with Gasteiger partial charge in [0.15, 0.2) is 11.6 Å². The lowest BCUT2D eigenvalue weighted by atomic mass is 10.1. The molecule has 0 saturated carbocycles. The first kappa shape index (κ1) is 14.4. The molecule has 0 radical (unpaired) electrons. The van der Waals surface area contributed by atoms with E-state index in [0.29, 0.717) is 17.8 Å². The van der Waals surface area contributed by atoms with Gasteiger partial charge in [0.2, 0.25) is 0 Å². The number of halogens is 2. The number of carboxylic acids is 1. The Kier molecular flexibility index (Phi) is 3.83. The fraction of sp³-hybridized carbons (Fsp3) is 0.0833. The maximum Gasteiger partial charge on any atom is 0.337 e. The minimum Gasteiger partial charge on any atom is -0.478 e. The van der Waals surface area contributed by atoms with Crippen molar-refractivity contribution < 1.29 is 23.5 Å². The highest BCUT2D eigenvalue weighted by atomic mass is 19.2. The number of nitrogens with one attached hydrogen (secondary N) is 2. The molecule has 0 bridgehead atoms. The number of carbonyl (C=O) groups excluding carboxylic acids is 1. The zero-order valence-electron chi connectivity index (χ0n) is 10.7. The molecule has 1 aromatic heterocycles. The fourth-order valence-corrected chi connectivity index (χ4v) is 1.60. The number of carbonyl (C=O) groups is 2. The number of amides is 2. The van der Waals surface area contributed by atoms with Crippen molar-refractivity contribution in [3.05, 3.63) is 41.7 Å². The van der Waals surface area contributed by atoms with Gasteiger partial charge in [-0.05, 0) is 6.07 Å². The van der Waals surface area contributed by atoms with Crippen LogP contribution in [0.2, 0.25) is 0 Å². The molecule has 2 rings (SSSR count). The van der Waals surface area contributed by atoms with Crippen molar-refractivity contribution in [2.45, 2.75) is 0 Å². The molecule has 1 heterocycles. The quantitative estimate of drug-likeness (QED) is 0.807. The van der Waals surface area contributed by atoms with E-state index in [4.69, 9.17) is 5.11 Å². The number of urea groups is 1. The lowest BCUT2D eigenvalue weighted by molar-refractivity contribution is 0.0697. The first-order valence-electron chi connectivity index (χ1n) is 5.66. The van der Waals surface area contributed by atoms with Crippen LogP contribution >= 0.6 is 0 Å². The van der Waals surface area contributed by atoms with Gasteiger partial charge in [0.25, 0.3) is 0 Å². The van der Waals surface area contributed by atoms with Crippen LogP contribution in [0.5, 0.6) is 0 Å². The molecular weight excluding hydrogens is 286 g/mol. The van der Waals surface area contributed by atoms with E-state index in [1.165, 1.54) is 17.1 Å². The second kappa shape index (κ2) is 5.57. The monoisotopic (exact) mass is 296 g/mol. The molecule has 0 unspecified atom stereocenters. The Morgan fingerprint density at radius 3 is 2.48 bits per heavy atom. The molecule has 21 heavy (non-hydrogen) atoms. The van der Waals surface area contributed by atoms with E-state index in [9.17, 15) is 18.4 Å². The molecule has 2 aromatic rings. The van der Waals surface area contributed by atoms with Crippen LogP contribution in [-0.2, 0) is 7.05 Å². The summed E-state index contributed by atoms with van der Waals surface area (Å²) in [7, 11) is 1.64. The van der Waals surface area contributed by atoms with Crippen LogP contribution < -0.4 is 10.6 Å². The van der Waals surface area contributed by atoms with Gasteiger partial charge in [0.1, 0.15) is 0 Å². The molecular formula is C12H10F2N4O3. The highest BCUT2D eigenvalue weighted by Gasteiger charge is 2.17. The molecule has 3 N–H and O–H groups in total. The zero-order valence-corrected chi connectivity index (χ0v) is 10.7. The summed E-state index contributed by atoms with van der Waals surface area (Å²) >= 11 is 0. The Morgan fingerprint density at radius 2 is 1.90 bits per heavy atom.